The van der Waals surface area contributed by atoms with Crippen LogP contribution in [-0.4, -0.2) is 38.0 Å². The van der Waals surface area contributed by atoms with Gasteiger partial charge in [0.1, 0.15) is 12.0 Å². The number of nitrogens with zero attached hydrogens (tertiary/aromatic N) is 2. The third kappa shape index (κ3) is 3.04. The number of carbonyl (C=O) groups excluding carboxylic acids is 1. The van der Waals surface area contributed by atoms with E-state index in [1.807, 2.05) is 6.92 Å². The van der Waals surface area contributed by atoms with Gasteiger partial charge in [-0.25, -0.2) is 0 Å². The predicted molar refractivity (Wildman–Crippen MR) is 68.2 cm³/mol. The average molecular weight is 252 g/mol. The van der Waals surface area contributed by atoms with E-state index in [2.05, 4.69) is 0 Å². The van der Waals surface area contributed by atoms with E-state index < -0.39 is 4.92 Å². The van der Waals surface area contributed by atoms with Gasteiger partial charge in [-0.2, -0.15) is 0 Å². The zero-order valence-electron chi connectivity index (χ0n) is 10.6. The number of benzene rings is 1. The smallest absolute Gasteiger partial charge is 0.293 e. The first-order chi connectivity index (χ1) is 8.51. The normalized spacial score (nSPS) is 11.9. The fraction of sp³-hybridized carbons (Fsp3) is 0.417. The molecule has 0 saturated carbocycles. The molecule has 0 amide bonds. The Morgan fingerprint density at radius 1 is 1.56 bits per heavy atom. The molecule has 0 heterocycles. The van der Waals surface area contributed by atoms with Crippen molar-refractivity contribution in [3.8, 4) is 0 Å². The van der Waals surface area contributed by atoms with Crippen LogP contribution in [-0.2, 0) is 4.74 Å². The van der Waals surface area contributed by atoms with Crippen molar-refractivity contribution in [1.29, 1.82) is 0 Å². The summed E-state index contributed by atoms with van der Waals surface area (Å²) in [5.74, 6) is 0. The zero-order valence-corrected chi connectivity index (χ0v) is 10.6. The number of likely N-dealkylation sites (N-methyl/N-ethyl adjacent to an activating group) is 1. The monoisotopic (exact) mass is 252 g/mol. The van der Waals surface area contributed by atoms with Crippen molar-refractivity contribution < 1.29 is 14.5 Å². The number of aldehydes is 1. The summed E-state index contributed by atoms with van der Waals surface area (Å²) < 4.78 is 5.02. The maximum atomic E-state index is 11.0. The zero-order chi connectivity index (χ0) is 13.7. The Kier molecular flexibility index (Phi) is 4.79. The van der Waals surface area contributed by atoms with Crippen molar-refractivity contribution >= 4 is 17.7 Å². The lowest BCUT2D eigenvalue weighted by atomic mass is 10.1. The summed E-state index contributed by atoms with van der Waals surface area (Å²) in [5.41, 5.74) is 0.679. The highest BCUT2D eigenvalue weighted by Crippen LogP contribution is 2.29. The highest BCUT2D eigenvalue weighted by atomic mass is 16.6. The third-order valence-electron chi connectivity index (χ3n) is 2.78. The van der Waals surface area contributed by atoms with E-state index in [1.54, 1.807) is 31.2 Å². The molecule has 0 aliphatic heterocycles. The number of nitro benzene ring substituents is 1. The number of hydrogen-bond acceptors (Lipinski definition) is 5. The van der Waals surface area contributed by atoms with Crippen molar-refractivity contribution in [1.82, 2.24) is 0 Å². The molecule has 6 nitrogen and oxygen atoms in total. The first kappa shape index (κ1) is 14.1. The molecule has 1 atom stereocenters. The lowest BCUT2D eigenvalue weighted by Gasteiger charge is -2.26. The largest absolute Gasteiger partial charge is 0.383 e. The van der Waals surface area contributed by atoms with E-state index >= 15 is 0 Å². The van der Waals surface area contributed by atoms with E-state index in [0.29, 0.717) is 24.1 Å². The molecule has 0 bridgehead atoms. The minimum absolute atomic E-state index is 0.00391. The van der Waals surface area contributed by atoms with Gasteiger partial charge in [-0.05, 0) is 19.1 Å². The molecule has 0 radical (unpaired) electrons. The average Bonchev–Trinajstić information content (AvgIpc) is 2.37. The first-order valence-corrected chi connectivity index (χ1v) is 5.46. The SMILES string of the molecule is COCC(C)N(C)c1ccc(C=O)cc1[N+](=O)[O-]. The van der Waals surface area contributed by atoms with E-state index in [1.165, 1.54) is 6.07 Å². The summed E-state index contributed by atoms with van der Waals surface area (Å²) in [7, 11) is 3.33. The maximum Gasteiger partial charge on any atom is 0.293 e. The third-order valence-corrected chi connectivity index (χ3v) is 2.78. The van der Waals surface area contributed by atoms with Crippen LogP contribution in [0, 0.1) is 10.1 Å². The van der Waals surface area contributed by atoms with E-state index in [0.717, 1.165) is 0 Å². The van der Waals surface area contributed by atoms with Gasteiger partial charge in [0.15, 0.2) is 0 Å². The molecule has 0 aliphatic carbocycles. The Bertz CT molecular complexity index is 448. The number of carbonyl (C=O) groups is 1. The van der Waals surface area contributed by atoms with Gasteiger partial charge in [-0.3, -0.25) is 14.9 Å². The molecule has 0 N–H and O–H groups in total. The molecule has 1 unspecified atom stereocenters. The molecule has 1 aromatic carbocycles. The Labute approximate surface area is 105 Å². The summed E-state index contributed by atoms with van der Waals surface area (Å²) in [6.45, 7) is 2.37. The summed E-state index contributed by atoms with van der Waals surface area (Å²) >= 11 is 0. The van der Waals surface area contributed by atoms with Crippen molar-refractivity contribution in [3.63, 3.8) is 0 Å². The predicted octanol–water partition coefficient (Wildman–Crippen LogP) is 1.88. The Balaban J connectivity index is 3.14. The number of ether oxygens (including phenoxy) is 1. The molecule has 0 aromatic heterocycles. The minimum atomic E-state index is -0.488. The standard InChI is InChI=1S/C12H16N2O4/c1-9(8-18-3)13(2)11-5-4-10(7-15)6-12(11)14(16)17/h4-7,9H,8H2,1-3H3. The molecule has 0 spiro atoms. The van der Waals surface area contributed by atoms with Crippen LogP contribution in [0.4, 0.5) is 11.4 Å². The number of rotatable bonds is 6. The highest BCUT2D eigenvalue weighted by Gasteiger charge is 2.20. The molecule has 0 fully saturated rings. The Morgan fingerprint density at radius 3 is 2.72 bits per heavy atom. The van der Waals surface area contributed by atoms with Gasteiger partial charge in [-0.15, -0.1) is 0 Å². The molecule has 1 rings (SSSR count). The number of nitro groups is 1. The van der Waals surface area contributed by atoms with Crippen molar-refractivity contribution in [2.75, 3.05) is 25.7 Å². The van der Waals surface area contributed by atoms with Crippen LogP contribution in [0.5, 0.6) is 0 Å². The van der Waals surface area contributed by atoms with Gasteiger partial charge in [0, 0.05) is 31.8 Å². The highest BCUT2D eigenvalue weighted by molar-refractivity contribution is 5.79. The molecule has 98 valence electrons. The molecule has 6 heteroatoms. The second kappa shape index (κ2) is 6.11. The Morgan fingerprint density at radius 2 is 2.22 bits per heavy atom. The van der Waals surface area contributed by atoms with Gasteiger partial charge in [0.2, 0.25) is 0 Å². The molecular weight excluding hydrogens is 236 g/mol. The van der Waals surface area contributed by atoms with Crippen LogP contribution in [0.2, 0.25) is 0 Å². The Hall–Kier alpha value is -1.95. The molecule has 18 heavy (non-hydrogen) atoms. The minimum Gasteiger partial charge on any atom is -0.383 e. The summed E-state index contributed by atoms with van der Waals surface area (Å²) in [6, 6.07) is 4.41. The van der Waals surface area contributed by atoms with Crippen LogP contribution in [0.25, 0.3) is 0 Å². The lowest BCUT2D eigenvalue weighted by Crippen LogP contribution is -2.33. The van der Waals surface area contributed by atoms with Crippen LogP contribution in [0.3, 0.4) is 0 Å². The van der Waals surface area contributed by atoms with Crippen molar-refractivity contribution in [3.05, 3.63) is 33.9 Å². The van der Waals surface area contributed by atoms with Crippen LogP contribution in [0.1, 0.15) is 17.3 Å². The van der Waals surface area contributed by atoms with Gasteiger partial charge in [0.25, 0.3) is 5.69 Å². The summed E-state index contributed by atoms with van der Waals surface area (Å²) in [5, 5.41) is 11.0. The van der Waals surface area contributed by atoms with Gasteiger partial charge in [-0.1, -0.05) is 0 Å². The van der Waals surface area contributed by atoms with Crippen LogP contribution in [0.15, 0.2) is 18.2 Å². The molecular formula is C12H16N2O4. The first-order valence-electron chi connectivity index (χ1n) is 5.46. The van der Waals surface area contributed by atoms with Crippen LogP contribution < -0.4 is 4.90 Å². The fourth-order valence-corrected chi connectivity index (χ4v) is 1.65. The lowest BCUT2D eigenvalue weighted by molar-refractivity contribution is -0.384. The van der Waals surface area contributed by atoms with E-state index in [9.17, 15) is 14.9 Å². The van der Waals surface area contributed by atoms with Gasteiger partial charge >= 0.3 is 0 Å². The second-order valence-electron chi connectivity index (χ2n) is 4.04. The number of anilines is 1. The van der Waals surface area contributed by atoms with Gasteiger partial charge < -0.3 is 9.64 Å². The summed E-state index contributed by atoms with van der Waals surface area (Å²) in [6.07, 6.45) is 0.593. The second-order valence-corrected chi connectivity index (χ2v) is 4.04. The van der Waals surface area contributed by atoms with Gasteiger partial charge in [0.05, 0.1) is 11.5 Å². The maximum absolute atomic E-state index is 11.0. The summed E-state index contributed by atoms with van der Waals surface area (Å²) in [4.78, 5) is 22.9. The van der Waals surface area contributed by atoms with Crippen molar-refractivity contribution in [2.24, 2.45) is 0 Å². The molecule has 0 aliphatic rings. The molecule has 0 saturated heterocycles. The van der Waals surface area contributed by atoms with Crippen molar-refractivity contribution in [2.45, 2.75) is 13.0 Å². The molecule has 1 aromatic rings. The topological polar surface area (TPSA) is 72.7 Å². The number of methoxy groups -OCH3 is 1. The fourth-order valence-electron chi connectivity index (χ4n) is 1.65. The quantitative estimate of drug-likeness (QED) is 0.439. The number of hydrogen-bond donors (Lipinski definition) is 0. The van der Waals surface area contributed by atoms with E-state index in [4.69, 9.17) is 4.74 Å². The van der Waals surface area contributed by atoms with E-state index in [-0.39, 0.29) is 11.7 Å². The van der Waals surface area contributed by atoms with Crippen LogP contribution >= 0.6 is 0 Å².